The van der Waals surface area contributed by atoms with Crippen molar-refractivity contribution in [2.75, 3.05) is 5.73 Å². The second-order valence-electron chi connectivity index (χ2n) is 5.91. The zero-order valence-corrected chi connectivity index (χ0v) is 13.7. The predicted molar refractivity (Wildman–Crippen MR) is 87.7 cm³/mol. The number of nitrogen functional groups attached to an aromatic ring is 1. The molecule has 0 amide bonds. The second-order valence-corrected chi connectivity index (χ2v) is 6.83. The molecule has 0 aliphatic carbocycles. The van der Waals surface area contributed by atoms with Crippen molar-refractivity contribution >= 4 is 21.6 Å². The van der Waals surface area contributed by atoms with Gasteiger partial charge in [0.1, 0.15) is 12.2 Å². The molecule has 21 heavy (non-hydrogen) atoms. The fourth-order valence-corrected chi connectivity index (χ4v) is 2.93. The van der Waals surface area contributed by atoms with E-state index in [1.807, 2.05) is 30.3 Å². The number of hydrogen-bond acceptors (Lipinski definition) is 3. The topological polar surface area (TPSA) is 44.5 Å². The minimum absolute atomic E-state index is 0.168. The summed E-state index contributed by atoms with van der Waals surface area (Å²) in [5.74, 6) is 1.64. The van der Waals surface area contributed by atoms with Crippen LogP contribution in [-0.4, -0.2) is 5.60 Å². The highest BCUT2D eigenvalue weighted by molar-refractivity contribution is 9.10. The van der Waals surface area contributed by atoms with Crippen LogP contribution in [0.5, 0.6) is 11.5 Å². The number of hydrogen-bond donors (Lipinski definition) is 1. The van der Waals surface area contributed by atoms with Gasteiger partial charge in [0.15, 0.2) is 11.5 Å². The average molecular weight is 348 g/mol. The molecule has 3 rings (SSSR count). The molecule has 0 atom stereocenters. The van der Waals surface area contributed by atoms with Crippen molar-refractivity contribution in [3.05, 3.63) is 52.0 Å². The Morgan fingerprint density at radius 2 is 2.10 bits per heavy atom. The van der Waals surface area contributed by atoms with E-state index in [2.05, 4.69) is 35.8 Å². The molecule has 3 nitrogen and oxygen atoms in total. The quantitative estimate of drug-likeness (QED) is 0.840. The van der Waals surface area contributed by atoms with Gasteiger partial charge in [-0.25, -0.2) is 0 Å². The summed E-state index contributed by atoms with van der Waals surface area (Å²) in [5, 5.41) is 0. The molecular weight excluding hydrogens is 330 g/mol. The van der Waals surface area contributed by atoms with Crippen LogP contribution < -0.4 is 15.2 Å². The SMILES string of the molecule is CC1(C)Cc2cccc(OCc3ccc(Br)cc3N)c2O1. The minimum atomic E-state index is -0.168. The van der Waals surface area contributed by atoms with Crippen molar-refractivity contribution in [3.8, 4) is 11.5 Å². The Morgan fingerprint density at radius 3 is 2.86 bits per heavy atom. The van der Waals surface area contributed by atoms with Gasteiger partial charge < -0.3 is 15.2 Å². The van der Waals surface area contributed by atoms with Crippen LogP contribution in [0.1, 0.15) is 25.0 Å². The zero-order chi connectivity index (χ0) is 15.0. The molecule has 1 heterocycles. The van der Waals surface area contributed by atoms with E-state index in [1.54, 1.807) is 0 Å². The van der Waals surface area contributed by atoms with Crippen LogP contribution in [0.2, 0.25) is 0 Å². The molecule has 0 unspecified atom stereocenters. The van der Waals surface area contributed by atoms with Crippen LogP contribution in [-0.2, 0) is 13.0 Å². The lowest BCUT2D eigenvalue weighted by atomic mass is 10.0. The maximum absolute atomic E-state index is 6.00. The summed E-state index contributed by atoms with van der Waals surface area (Å²) in [6, 6.07) is 11.8. The lowest BCUT2D eigenvalue weighted by Crippen LogP contribution is -2.24. The molecule has 2 aromatic rings. The first-order valence-corrected chi connectivity index (χ1v) is 7.71. The van der Waals surface area contributed by atoms with E-state index in [0.29, 0.717) is 6.61 Å². The summed E-state index contributed by atoms with van der Waals surface area (Å²) in [6.07, 6.45) is 0.903. The van der Waals surface area contributed by atoms with Crippen LogP contribution in [0.4, 0.5) is 5.69 Å². The average Bonchev–Trinajstić information content (AvgIpc) is 2.72. The summed E-state index contributed by atoms with van der Waals surface area (Å²) < 4.78 is 12.9. The zero-order valence-electron chi connectivity index (χ0n) is 12.2. The molecule has 0 saturated heterocycles. The van der Waals surface area contributed by atoms with E-state index in [0.717, 1.165) is 33.6 Å². The summed E-state index contributed by atoms with van der Waals surface area (Å²) in [5.41, 5.74) is 8.71. The van der Waals surface area contributed by atoms with Gasteiger partial charge in [-0.2, -0.15) is 0 Å². The highest BCUT2D eigenvalue weighted by Gasteiger charge is 2.32. The highest BCUT2D eigenvalue weighted by atomic mass is 79.9. The number of para-hydroxylation sites is 1. The Morgan fingerprint density at radius 1 is 1.29 bits per heavy atom. The van der Waals surface area contributed by atoms with Gasteiger partial charge in [0.25, 0.3) is 0 Å². The standard InChI is InChI=1S/C17H18BrNO2/c1-17(2)9-11-4-3-5-15(16(11)21-17)20-10-12-6-7-13(18)8-14(12)19/h3-8H,9-10,19H2,1-2H3. The van der Waals surface area contributed by atoms with Gasteiger partial charge in [0, 0.05) is 27.7 Å². The lowest BCUT2D eigenvalue weighted by Gasteiger charge is -2.18. The molecule has 0 spiro atoms. The van der Waals surface area contributed by atoms with Crippen molar-refractivity contribution in [2.24, 2.45) is 0 Å². The molecule has 0 saturated carbocycles. The molecule has 0 bridgehead atoms. The Bertz CT molecular complexity index is 682. The van der Waals surface area contributed by atoms with E-state index in [4.69, 9.17) is 15.2 Å². The number of ether oxygens (including phenoxy) is 2. The Hall–Kier alpha value is -1.68. The molecule has 4 heteroatoms. The van der Waals surface area contributed by atoms with Crippen LogP contribution in [0.25, 0.3) is 0 Å². The number of rotatable bonds is 3. The third-order valence-corrected chi connectivity index (χ3v) is 4.04. The van der Waals surface area contributed by atoms with E-state index in [9.17, 15) is 0 Å². The molecule has 0 radical (unpaired) electrons. The van der Waals surface area contributed by atoms with Gasteiger partial charge >= 0.3 is 0 Å². The first-order valence-electron chi connectivity index (χ1n) is 6.92. The predicted octanol–water partition coefficient (Wildman–Crippen LogP) is 4.32. The van der Waals surface area contributed by atoms with Crippen LogP contribution in [0, 0.1) is 0 Å². The fraction of sp³-hybridized carbons (Fsp3) is 0.294. The van der Waals surface area contributed by atoms with E-state index < -0.39 is 0 Å². The third kappa shape index (κ3) is 3.00. The summed E-state index contributed by atoms with van der Waals surface area (Å²) in [6.45, 7) is 4.60. The summed E-state index contributed by atoms with van der Waals surface area (Å²) >= 11 is 3.40. The fourth-order valence-electron chi connectivity index (χ4n) is 2.55. The summed E-state index contributed by atoms with van der Waals surface area (Å²) in [4.78, 5) is 0. The van der Waals surface area contributed by atoms with E-state index >= 15 is 0 Å². The van der Waals surface area contributed by atoms with Crippen molar-refractivity contribution < 1.29 is 9.47 Å². The normalized spacial score (nSPS) is 15.4. The minimum Gasteiger partial charge on any atom is -0.485 e. The van der Waals surface area contributed by atoms with Crippen molar-refractivity contribution in [3.63, 3.8) is 0 Å². The monoisotopic (exact) mass is 347 g/mol. The van der Waals surface area contributed by atoms with Gasteiger partial charge in [-0.1, -0.05) is 34.1 Å². The van der Waals surface area contributed by atoms with Crippen molar-refractivity contribution in [2.45, 2.75) is 32.5 Å². The van der Waals surface area contributed by atoms with Crippen LogP contribution in [0.15, 0.2) is 40.9 Å². The van der Waals surface area contributed by atoms with Crippen LogP contribution in [0.3, 0.4) is 0 Å². The van der Waals surface area contributed by atoms with Gasteiger partial charge in [-0.3, -0.25) is 0 Å². The maximum atomic E-state index is 6.00. The van der Waals surface area contributed by atoms with Gasteiger partial charge in [0.05, 0.1) is 0 Å². The van der Waals surface area contributed by atoms with Crippen LogP contribution >= 0.6 is 15.9 Å². The molecule has 0 fully saturated rings. The highest BCUT2D eigenvalue weighted by Crippen LogP contribution is 2.42. The van der Waals surface area contributed by atoms with E-state index in [1.165, 1.54) is 5.56 Å². The van der Waals surface area contributed by atoms with Gasteiger partial charge in [0.2, 0.25) is 0 Å². The molecule has 1 aliphatic heterocycles. The van der Waals surface area contributed by atoms with Crippen molar-refractivity contribution in [1.82, 2.24) is 0 Å². The molecule has 2 N–H and O–H groups in total. The molecule has 110 valence electrons. The Labute approximate surface area is 133 Å². The smallest absolute Gasteiger partial charge is 0.165 e. The number of nitrogens with two attached hydrogens (primary N) is 1. The second kappa shape index (κ2) is 5.26. The Kier molecular flexibility index (Phi) is 3.57. The van der Waals surface area contributed by atoms with Gasteiger partial charge in [-0.15, -0.1) is 0 Å². The molecule has 1 aliphatic rings. The van der Waals surface area contributed by atoms with E-state index in [-0.39, 0.29) is 5.60 Å². The number of fused-ring (bicyclic) bond motifs is 1. The molecule has 0 aromatic heterocycles. The third-order valence-electron chi connectivity index (χ3n) is 3.55. The first-order chi connectivity index (χ1) is 9.94. The maximum Gasteiger partial charge on any atom is 0.165 e. The number of halogens is 1. The largest absolute Gasteiger partial charge is 0.485 e. The molecular formula is C17H18BrNO2. The first kappa shape index (κ1) is 14.3. The summed E-state index contributed by atoms with van der Waals surface area (Å²) in [7, 11) is 0. The van der Waals surface area contributed by atoms with Gasteiger partial charge in [-0.05, 0) is 32.0 Å². The Balaban J connectivity index is 1.80. The molecule has 2 aromatic carbocycles. The van der Waals surface area contributed by atoms with Crippen molar-refractivity contribution in [1.29, 1.82) is 0 Å². The lowest BCUT2D eigenvalue weighted by molar-refractivity contribution is 0.131. The number of anilines is 1. The number of benzene rings is 2.